The highest BCUT2D eigenvalue weighted by Crippen LogP contribution is 2.29. The first-order valence-electron chi connectivity index (χ1n) is 14.6. The van der Waals surface area contributed by atoms with Crippen LogP contribution in [0.15, 0.2) is 65.7 Å². The minimum atomic E-state index is -1.15. The Hall–Kier alpha value is -4.31. The van der Waals surface area contributed by atoms with Crippen molar-refractivity contribution < 1.29 is 19.4 Å². The van der Waals surface area contributed by atoms with Gasteiger partial charge in [0.15, 0.2) is 5.52 Å². The third-order valence-electron chi connectivity index (χ3n) is 7.94. The number of benzene rings is 2. The first-order valence-corrected chi connectivity index (χ1v) is 14.6. The van der Waals surface area contributed by atoms with Crippen molar-refractivity contribution in [2.24, 2.45) is 7.05 Å². The van der Waals surface area contributed by atoms with E-state index in [2.05, 4.69) is 10.1 Å². The Morgan fingerprint density at radius 3 is 2.42 bits per heavy atom. The average molecular weight is 586 g/mol. The Balaban J connectivity index is 1.30. The van der Waals surface area contributed by atoms with Crippen LogP contribution in [0.1, 0.15) is 68.8 Å². The molecule has 0 spiro atoms. The summed E-state index contributed by atoms with van der Waals surface area (Å²) in [5, 5.41) is 15.8. The summed E-state index contributed by atoms with van der Waals surface area (Å²) in [6.07, 6.45) is 2.55. The van der Waals surface area contributed by atoms with Crippen LogP contribution in [0.5, 0.6) is 0 Å². The van der Waals surface area contributed by atoms with Crippen molar-refractivity contribution in [3.63, 3.8) is 0 Å². The second-order valence-corrected chi connectivity index (χ2v) is 12.6. The molecule has 0 radical (unpaired) electrons. The number of carbonyl (C=O) groups excluding carboxylic acids is 2. The number of nitrogens with zero attached hydrogens (tertiary/aromatic N) is 5. The molecule has 1 saturated heterocycles. The molecule has 2 aromatic carbocycles. The maximum atomic E-state index is 13.5. The van der Waals surface area contributed by atoms with Gasteiger partial charge in [0.25, 0.3) is 5.56 Å². The minimum Gasteiger partial charge on any atom is -0.456 e. The highest BCUT2D eigenvalue weighted by Gasteiger charge is 2.35. The summed E-state index contributed by atoms with van der Waals surface area (Å²) in [4.78, 5) is 45.5. The normalized spacial score (nSPS) is 15.8. The molecule has 10 heteroatoms. The molecule has 2 aromatic heterocycles. The lowest BCUT2D eigenvalue weighted by Crippen LogP contribution is -2.49. The van der Waals surface area contributed by atoms with E-state index in [1.807, 2.05) is 64.1 Å². The Kier molecular flexibility index (Phi) is 8.25. The fourth-order valence-corrected chi connectivity index (χ4v) is 5.60. The first kappa shape index (κ1) is 30.2. The number of rotatable bonds is 7. The van der Waals surface area contributed by atoms with E-state index in [0.29, 0.717) is 54.7 Å². The molecule has 226 valence electrons. The maximum absolute atomic E-state index is 13.5. The molecule has 1 N–H and O–H groups in total. The van der Waals surface area contributed by atoms with Gasteiger partial charge in [0.1, 0.15) is 11.1 Å². The SMILES string of the molecule is C[C@H](CC(=O)N1CCC(O)(Cn2cnc3c(-c4cccc(C(=O)OC(C)(C)C)c4)n(C)nc3c2=O)CC1)c1ccccc1. The van der Waals surface area contributed by atoms with Crippen LogP contribution in [-0.4, -0.2) is 65.5 Å². The third-order valence-corrected chi connectivity index (χ3v) is 7.94. The molecule has 3 heterocycles. The number of esters is 1. The molecule has 1 atom stereocenters. The lowest BCUT2D eigenvalue weighted by molar-refractivity contribution is -0.136. The van der Waals surface area contributed by atoms with Crippen LogP contribution in [0.2, 0.25) is 0 Å². The Morgan fingerprint density at radius 1 is 1.05 bits per heavy atom. The number of hydrogen-bond acceptors (Lipinski definition) is 7. The summed E-state index contributed by atoms with van der Waals surface area (Å²) >= 11 is 0. The van der Waals surface area contributed by atoms with Crippen LogP contribution in [0.25, 0.3) is 22.3 Å². The van der Waals surface area contributed by atoms with Crippen LogP contribution in [0.3, 0.4) is 0 Å². The lowest BCUT2D eigenvalue weighted by atomic mass is 9.90. The van der Waals surface area contributed by atoms with Crippen molar-refractivity contribution in [3.05, 3.63) is 82.4 Å². The summed E-state index contributed by atoms with van der Waals surface area (Å²) in [7, 11) is 1.72. The molecular weight excluding hydrogens is 546 g/mol. The van der Waals surface area contributed by atoms with Crippen LogP contribution in [0.4, 0.5) is 0 Å². The fourth-order valence-electron chi connectivity index (χ4n) is 5.60. The van der Waals surface area contributed by atoms with E-state index in [9.17, 15) is 19.5 Å². The molecular formula is C33H39N5O5. The minimum absolute atomic E-state index is 0.0528. The number of carbonyl (C=O) groups is 2. The number of amides is 1. The van der Waals surface area contributed by atoms with Crippen LogP contribution >= 0.6 is 0 Å². The van der Waals surface area contributed by atoms with E-state index in [1.165, 1.54) is 10.9 Å². The van der Waals surface area contributed by atoms with Gasteiger partial charge < -0.3 is 14.7 Å². The van der Waals surface area contributed by atoms with E-state index in [4.69, 9.17) is 4.74 Å². The van der Waals surface area contributed by atoms with Crippen molar-refractivity contribution in [2.75, 3.05) is 13.1 Å². The summed E-state index contributed by atoms with van der Waals surface area (Å²) in [6, 6.07) is 16.9. The molecule has 1 fully saturated rings. The fraction of sp³-hybridized carbons (Fsp3) is 0.424. The summed E-state index contributed by atoms with van der Waals surface area (Å²) in [6.45, 7) is 8.37. The first-order chi connectivity index (χ1) is 20.3. The van der Waals surface area contributed by atoms with Gasteiger partial charge in [-0.3, -0.25) is 18.8 Å². The molecule has 1 aliphatic heterocycles. The topological polar surface area (TPSA) is 120 Å². The van der Waals surface area contributed by atoms with Gasteiger partial charge in [0.05, 0.1) is 29.7 Å². The summed E-state index contributed by atoms with van der Waals surface area (Å²) in [5.74, 6) is -0.271. The predicted molar refractivity (Wildman–Crippen MR) is 164 cm³/mol. The third kappa shape index (κ3) is 6.69. The number of aliphatic hydroxyl groups is 1. The van der Waals surface area contributed by atoms with E-state index >= 15 is 0 Å². The zero-order valence-electron chi connectivity index (χ0n) is 25.4. The van der Waals surface area contributed by atoms with Crippen molar-refractivity contribution in [1.29, 1.82) is 0 Å². The molecule has 1 aliphatic rings. The van der Waals surface area contributed by atoms with Gasteiger partial charge >= 0.3 is 5.97 Å². The van der Waals surface area contributed by atoms with Gasteiger partial charge in [0, 0.05) is 32.1 Å². The highest BCUT2D eigenvalue weighted by molar-refractivity contribution is 5.94. The predicted octanol–water partition coefficient (Wildman–Crippen LogP) is 4.30. The zero-order valence-corrected chi connectivity index (χ0v) is 25.4. The molecule has 0 saturated carbocycles. The monoisotopic (exact) mass is 585 g/mol. The molecule has 5 rings (SSSR count). The van der Waals surface area contributed by atoms with Gasteiger partial charge in [-0.05, 0) is 57.2 Å². The second kappa shape index (κ2) is 11.8. The number of likely N-dealkylation sites (tertiary alicyclic amines) is 1. The number of aromatic nitrogens is 4. The lowest BCUT2D eigenvalue weighted by Gasteiger charge is -2.38. The number of hydrogen-bond donors (Lipinski definition) is 1. The van der Waals surface area contributed by atoms with Gasteiger partial charge in [-0.25, -0.2) is 9.78 Å². The maximum Gasteiger partial charge on any atom is 0.338 e. The molecule has 0 bridgehead atoms. The van der Waals surface area contributed by atoms with Crippen LogP contribution in [0, 0.1) is 0 Å². The molecule has 43 heavy (non-hydrogen) atoms. The Morgan fingerprint density at radius 2 is 1.74 bits per heavy atom. The van der Waals surface area contributed by atoms with Crippen molar-refractivity contribution in [1.82, 2.24) is 24.2 Å². The van der Waals surface area contributed by atoms with Crippen molar-refractivity contribution >= 4 is 22.9 Å². The van der Waals surface area contributed by atoms with E-state index < -0.39 is 17.2 Å². The highest BCUT2D eigenvalue weighted by atomic mass is 16.6. The summed E-state index contributed by atoms with van der Waals surface area (Å²) < 4.78 is 8.48. The molecule has 10 nitrogen and oxygen atoms in total. The van der Waals surface area contributed by atoms with E-state index in [1.54, 1.807) is 34.8 Å². The van der Waals surface area contributed by atoms with Crippen LogP contribution < -0.4 is 5.56 Å². The number of piperidine rings is 1. The Bertz CT molecular complexity index is 1690. The molecule has 4 aromatic rings. The number of fused-ring (bicyclic) bond motifs is 1. The van der Waals surface area contributed by atoms with E-state index in [-0.39, 0.29) is 29.4 Å². The molecule has 0 aliphatic carbocycles. The van der Waals surface area contributed by atoms with Gasteiger partial charge in [-0.2, -0.15) is 5.10 Å². The number of aryl methyl sites for hydroxylation is 1. The quantitative estimate of drug-likeness (QED) is 0.321. The Labute approximate surface area is 250 Å². The van der Waals surface area contributed by atoms with Crippen molar-refractivity contribution in [3.8, 4) is 11.3 Å². The standard InChI is InChI=1S/C33H39N5O5/c1-22(23-10-7-6-8-11-23)18-26(39)37-16-14-33(42,15-17-37)20-38-21-34-27-28(30(38)40)35-36(5)29(27)24-12-9-13-25(19-24)31(41)43-32(2,3)4/h6-13,19,21-22,42H,14-18,20H2,1-5H3/t22-/m1/s1. The molecule has 1 amide bonds. The van der Waals surface area contributed by atoms with Gasteiger partial charge in [0.2, 0.25) is 5.91 Å². The second-order valence-electron chi connectivity index (χ2n) is 12.6. The average Bonchev–Trinajstić information content (AvgIpc) is 3.31. The largest absolute Gasteiger partial charge is 0.456 e. The van der Waals surface area contributed by atoms with Crippen LogP contribution in [-0.2, 0) is 23.1 Å². The summed E-state index contributed by atoms with van der Waals surface area (Å²) in [5.41, 5.74) is 1.22. The van der Waals surface area contributed by atoms with Gasteiger partial charge in [-0.1, -0.05) is 49.4 Å². The smallest absolute Gasteiger partial charge is 0.338 e. The van der Waals surface area contributed by atoms with E-state index in [0.717, 1.165) is 5.56 Å². The van der Waals surface area contributed by atoms with Crippen molar-refractivity contribution in [2.45, 2.75) is 70.6 Å². The molecule has 0 unspecified atom stereocenters. The number of ether oxygens (including phenoxy) is 1. The zero-order chi connectivity index (χ0) is 30.9. The van der Waals surface area contributed by atoms with Gasteiger partial charge in [-0.15, -0.1) is 0 Å².